The lowest BCUT2D eigenvalue weighted by Gasteiger charge is -2.26. The van der Waals surface area contributed by atoms with E-state index < -0.39 is 17.8 Å². The summed E-state index contributed by atoms with van der Waals surface area (Å²) in [5, 5.41) is 13.7. The standard InChI is InChI=1S/C26H28ClFN2O4/c1-3-22(26(32)33)30-23-9-8-17(14-19(23)20-12-16(28)13-21(27)25(20)30)29-24(31)10-7-15-5-4-6-18(11-15)34-2/h4-6,11-13,17,22H,3,7-10,14H2,1-2H3,(H,29,31)(H,32,33)/t17-,22?/m0/s1. The molecule has 6 nitrogen and oxygen atoms in total. The number of nitrogens with one attached hydrogen (secondary N) is 1. The maximum Gasteiger partial charge on any atom is 0.326 e. The molecule has 4 rings (SSSR count). The van der Waals surface area contributed by atoms with Gasteiger partial charge in [-0.25, -0.2) is 9.18 Å². The highest BCUT2D eigenvalue weighted by Gasteiger charge is 2.32. The number of carbonyl (C=O) groups is 2. The molecule has 1 unspecified atom stereocenters. The number of methoxy groups -OCH3 is 1. The minimum Gasteiger partial charge on any atom is -0.497 e. The largest absolute Gasteiger partial charge is 0.497 e. The van der Waals surface area contributed by atoms with Gasteiger partial charge in [0, 0.05) is 23.5 Å². The summed E-state index contributed by atoms with van der Waals surface area (Å²) in [5.74, 6) is -0.714. The number of aliphatic carboxylic acids is 1. The third-order valence-electron chi connectivity index (χ3n) is 6.54. The Bertz CT molecular complexity index is 1240. The van der Waals surface area contributed by atoms with E-state index in [1.807, 2.05) is 31.2 Å². The van der Waals surface area contributed by atoms with Gasteiger partial charge in [0.1, 0.15) is 17.6 Å². The molecule has 0 saturated carbocycles. The highest BCUT2D eigenvalue weighted by molar-refractivity contribution is 6.35. The fourth-order valence-corrected chi connectivity index (χ4v) is 5.25. The van der Waals surface area contributed by atoms with Gasteiger partial charge < -0.3 is 19.7 Å². The molecule has 1 aliphatic rings. The number of hydrogen-bond acceptors (Lipinski definition) is 3. The van der Waals surface area contributed by atoms with Crippen molar-refractivity contribution in [3.63, 3.8) is 0 Å². The van der Waals surface area contributed by atoms with Gasteiger partial charge in [0.25, 0.3) is 0 Å². The molecule has 0 saturated heterocycles. The summed E-state index contributed by atoms with van der Waals surface area (Å²) in [7, 11) is 1.61. The van der Waals surface area contributed by atoms with Crippen LogP contribution in [0.15, 0.2) is 36.4 Å². The van der Waals surface area contributed by atoms with E-state index in [4.69, 9.17) is 16.3 Å². The fourth-order valence-electron chi connectivity index (χ4n) is 4.96. The van der Waals surface area contributed by atoms with Crippen molar-refractivity contribution < 1.29 is 23.8 Å². The zero-order valence-corrected chi connectivity index (χ0v) is 20.0. The van der Waals surface area contributed by atoms with Gasteiger partial charge in [0.2, 0.25) is 5.91 Å². The number of carbonyl (C=O) groups excluding carboxylic acids is 1. The lowest BCUT2D eigenvalue weighted by atomic mass is 9.91. The first kappa shape index (κ1) is 24.1. The van der Waals surface area contributed by atoms with Crippen LogP contribution in [0.25, 0.3) is 10.9 Å². The van der Waals surface area contributed by atoms with Crippen molar-refractivity contribution in [3.8, 4) is 5.75 Å². The zero-order chi connectivity index (χ0) is 24.4. The molecule has 0 bridgehead atoms. The van der Waals surface area contributed by atoms with Crippen LogP contribution in [-0.2, 0) is 28.9 Å². The van der Waals surface area contributed by atoms with Crippen molar-refractivity contribution in [2.45, 2.75) is 57.5 Å². The lowest BCUT2D eigenvalue weighted by molar-refractivity contribution is -0.141. The van der Waals surface area contributed by atoms with Crippen molar-refractivity contribution in [2.24, 2.45) is 0 Å². The molecule has 3 aromatic rings. The number of nitrogens with zero attached hydrogens (tertiary/aromatic N) is 1. The van der Waals surface area contributed by atoms with Crippen molar-refractivity contribution in [3.05, 3.63) is 64.1 Å². The van der Waals surface area contributed by atoms with Crippen molar-refractivity contribution >= 4 is 34.4 Å². The Labute approximate surface area is 202 Å². The van der Waals surface area contributed by atoms with Crippen molar-refractivity contribution in [1.82, 2.24) is 9.88 Å². The second-order valence-electron chi connectivity index (χ2n) is 8.70. The van der Waals surface area contributed by atoms with Gasteiger partial charge in [-0.05, 0) is 67.5 Å². The van der Waals surface area contributed by atoms with E-state index in [0.29, 0.717) is 49.4 Å². The highest BCUT2D eigenvalue weighted by Crippen LogP contribution is 2.39. The average Bonchev–Trinajstić information content (AvgIpc) is 3.12. The molecule has 8 heteroatoms. The first-order valence-corrected chi connectivity index (χ1v) is 11.9. The topological polar surface area (TPSA) is 80.6 Å². The third kappa shape index (κ3) is 4.75. The quantitative estimate of drug-likeness (QED) is 0.465. The summed E-state index contributed by atoms with van der Waals surface area (Å²) in [6.45, 7) is 1.81. The molecule has 1 aliphatic carbocycles. The summed E-state index contributed by atoms with van der Waals surface area (Å²) < 4.78 is 21.2. The Hall–Kier alpha value is -3.06. The van der Waals surface area contributed by atoms with Crippen LogP contribution in [0.2, 0.25) is 5.02 Å². The van der Waals surface area contributed by atoms with Gasteiger partial charge >= 0.3 is 5.97 Å². The minimum atomic E-state index is -0.949. The fraction of sp³-hybridized carbons (Fsp3) is 0.385. The van der Waals surface area contributed by atoms with E-state index in [2.05, 4.69) is 5.32 Å². The van der Waals surface area contributed by atoms with Crippen LogP contribution in [0, 0.1) is 5.82 Å². The number of ether oxygens (including phenoxy) is 1. The number of fused-ring (bicyclic) bond motifs is 3. The normalized spacial score (nSPS) is 16.2. The Morgan fingerprint density at radius 1 is 1.32 bits per heavy atom. The second-order valence-corrected chi connectivity index (χ2v) is 9.11. The molecule has 1 heterocycles. The molecule has 0 radical (unpaired) electrons. The average molecular weight is 487 g/mol. The van der Waals surface area contributed by atoms with Crippen molar-refractivity contribution in [2.75, 3.05) is 7.11 Å². The van der Waals surface area contributed by atoms with Crippen LogP contribution in [0.5, 0.6) is 5.75 Å². The monoisotopic (exact) mass is 486 g/mol. The molecule has 0 fully saturated rings. The smallest absolute Gasteiger partial charge is 0.326 e. The molecule has 1 amide bonds. The van der Waals surface area contributed by atoms with Gasteiger partial charge in [-0.3, -0.25) is 4.79 Å². The van der Waals surface area contributed by atoms with Crippen LogP contribution in [-0.4, -0.2) is 34.7 Å². The molecule has 2 atom stereocenters. The summed E-state index contributed by atoms with van der Waals surface area (Å²) >= 11 is 6.40. The maximum absolute atomic E-state index is 14.3. The van der Waals surface area contributed by atoms with Crippen LogP contribution in [0.1, 0.15) is 49.0 Å². The molecule has 0 aliphatic heterocycles. The molecule has 1 aromatic heterocycles. The van der Waals surface area contributed by atoms with E-state index in [-0.39, 0.29) is 17.0 Å². The number of carboxylic acid groups (broad SMARTS) is 1. The van der Waals surface area contributed by atoms with Crippen molar-refractivity contribution in [1.29, 1.82) is 0 Å². The van der Waals surface area contributed by atoms with Crippen LogP contribution in [0.3, 0.4) is 0 Å². The SMILES string of the molecule is CCC(C(=O)O)n1c2c(c3cc(F)cc(Cl)c31)C[C@@H](NC(=O)CCc1cccc(OC)c1)CC2. The minimum absolute atomic E-state index is 0.0545. The third-order valence-corrected chi connectivity index (χ3v) is 6.83. The summed E-state index contributed by atoms with van der Waals surface area (Å²) in [6, 6.07) is 9.37. The summed E-state index contributed by atoms with van der Waals surface area (Å²) in [4.78, 5) is 24.6. The Morgan fingerprint density at radius 2 is 2.12 bits per heavy atom. The maximum atomic E-state index is 14.3. The number of halogens is 2. The molecule has 180 valence electrons. The first-order valence-electron chi connectivity index (χ1n) is 11.5. The molecule has 0 spiro atoms. The number of aryl methyl sites for hydroxylation is 1. The number of amides is 1. The lowest BCUT2D eigenvalue weighted by Crippen LogP contribution is -2.39. The van der Waals surface area contributed by atoms with Gasteiger partial charge in [-0.15, -0.1) is 0 Å². The Kier molecular flexibility index (Phi) is 7.12. The Balaban J connectivity index is 1.56. The Morgan fingerprint density at radius 3 is 2.82 bits per heavy atom. The van der Waals surface area contributed by atoms with Gasteiger partial charge in [0.05, 0.1) is 17.6 Å². The number of hydrogen-bond donors (Lipinski definition) is 2. The molecule has 2 N–H and O–H groups in total. The summed E-state index contributed by atoms with van der Waals surface area (Å²) in [6.07, 6.45) is 3.06. The predicted octanol–water partition coefficient (Wildman–Crippen LogP) is 5.08. The highest BCUT2D eigenvalue weighted by atomic mass is 35.5. The van der Waals surface area contributed by atoms with Crippen LogP contribution >= 0.6 is 11.6 Å². The van der Waals surface area contributed by atoms with E-state index in [1.165, 1.54) is 12.1 Å². The predicted molar refractivity (Wildman–Crippen MR) is 129 cm³/mol. The number of aromatic nitrogens is 1. The number of benzene rings is 2. The molecule has 2 aromatic carbocycles. The van der Waals surface area contributed by atoms with Gasteiger partial charge in [-0.2, -0.15) is 0 Å². The van der Waals surface area contributed by atoms with E-state index in [0.717, 1.165) is 22.6 Å². The van der Waals surface area contributed by atoms with Crippen LogP contribution < -0.4 is 10.1 Å². The van der Waals surface area contributed by atoms with Gasteiger partial charge in [0.15, 0.2) is 0 Å². The number of rotatable bonds is 8. The molecular formula is C26H28ClFN2O4. The van der Waals surface area contributed by atoms with Crippen LogP contribution in [0.4, 0.5) is 4.39 Å². The van der Waals surface area contributed by atoms with E-state index in [1.54, 1.807) is 11.7 Å². The van der Waals surface area contributed by atoms with E-state index in [9.17, 15) is 19.1 Å². The number of carboxylic acids is 1. The van der Waals surface area contributed by atoms with Gasteiger partial charge in [-0.1, -0.05) is 30.7 Å². The first-order chi connectivity index (χ1) is 16.3. The molecule has 34 heavy (non-hydrogen) atoms. The zero-order valence-electron chi connectivity index (χ0n) is 19.2. The molecular weight excluding hydrogens is 459 g/mol. The summed E-state index contributed by atoms with van der Waals surface area (Å²) in [5.41, 5.74) is 3.29. The van der Waals surface area contributed by atoms with E-state index >= 15 is 0 Å². The second kappa shape index (κ2) is 10.1.